The summed E-state index contributed by atoms with van der Waals surface area (Å²) in [4.78, 5) is 84.0. The molecule has 4 aromatic carbocycles. The van der Waals surface area contributed by atoms with Crippen molar-refractivity contribution in [1.82, 2.24) is 35.2 Å². The van der Waals surface area contributed by atoms with E-state index in [2.05, 4.69) is 68.9 Å². The topological polar surface area (TPSA) is 212 Å². The van der Waals surface area contributed by atoms with E-state index >= 15 is 0 Å². The van der Waals surface area contributed by atoms with Crippen LogP contribution in [0.1, 0.15) is 137 Å². The quantitative estimate of drug-likeness (QED) is 0.0465. The van der Waals surface area contributed by atoms with Crippen molar-refractivity contribution < 1.29 is 28.7 Å². The standard InChI is InChI=1S/C60H64N10O6S2/c1-35(2)46-25-23-44-48(62-33-63-53(44)68-46)32-39-30-38(14-27-51(39)77-42-19-15-40(16-20-42)66-57(73)75-59(5,6)7)56(72)61-29-11-12-50(71)37-13-28-52(78-43-21-17-41(18-22-43)67-58(74)76-60(8,9)10)49(31-37)70-55-45-24-26-47(36(3)4)69-54(45)64-34-65-55/h13-28,30-31,33-36H,11-12,29,32H2,1-10H3,(H,61,72)(H,66,73)(H,67,74)(H,64,65,69,70). The first-order valence-corrected chi connectivity index (χ1v) is 27.4. The number of pyridine rings is 2. The average molecular weight is 1090 g/mol. The molecular formula is C60H64N10O6S2. The lowest BCUT2D eigenvalue weighted by Gasteiger charge is -2.19. The summed E-state index contributed by atoms with van der Waals surface area (Å²) in [6, 6.07) is 33.9. The van der Waals surface area contributed by atoms with Gasteiger partial charge in [-0.2, -0.15) is 0 Å². The molecule has 0 atom stereocenters. The number of anilines is 4. The molecule has 0 aliphatic heterocycles. The third kappa shape index (κ3) is 15.4. The van der Waals surface area contributed by atoms with E-state index in [1.807, 2.05) is 126 Å². The number of rotatable bonds is 18. The zero-order chi connectivity index (χ0) is 55.7. The zero-order valence-electron chi connectivity index (χ0n) is 45.5. The summed E-state index contributed by atoms with van der Waals surface area (Å²) < 4.78 is 10.8. The first-order valence-electron chi connectivity index (χ1n) is 25.8. The first kappa shape index (κ1) is 56.2. The number of aromatic nitrogens is 6. The Morgan fingerprint density at radius 3 is 1.68 bits per heavy atom. The number of nitrogens with one attached hydrogen (secondary N) is 4. The Hall–Kier alpha value is -7.96. The summed E-state index contributed by atoms with van der Waals surface area (Å²) in [5.41, 5.74) is 6.17. The van der Waals surface area contributed by atoms with Gasteiger partial charge in [0.05, 0.1) is 16.8 Å². The molecule has 0 bridgehead atoms. The highest BCUT2D eigenvalue weighted by Gasteiger charge is 2.20. The summed E-state index contributed by atoms with van der Waals surface area (Å²) in [6.45, 7) is 19.4. The maximum absolute atomic E-state index is 14.0. The molecule has 0 aliphatic carbocycles. The molecule has 0 saturated heterocycles. The van der Waals surface area contributed by atoms with Gasteiger partial charge in [0.1, 0.15) is 29.7 Å². The van der Waals surface area contributed by atoms with Crippen molar-refractivity contribution in [3.05, 3.63) is 156 Å². The van der Waals surface area contributed by atoms with E-state index in [0.29, 0.717) is 58.1 Å². The van der Waals surface area contributed by atoms with E-state index in [1.165, 1.54) is 36.2 Å². The molecule has 18 heteroatoms. The minimum absolute atomic E-state index is 0.0957. The Kier molecular flexibility index (Phi) is 17.7. The number of ketones is 1. The molecule has 0 fully saturated rings. The number of fused-ring (bicyclic) bond motifs is 2. The van der Waals surface area contributed by atoms with Gasteiger partial charge >= 0.3 is 12.2 Å². The number of benzene rings is 4. The van der Waals surface area contributed by atoms with Crippen LogP contribution in [0, 0.1) is 0 Å². The van der Waals surface area contributed by atoms with E-state index < -0.39 is 23.4 Å². The number of nitrogens with zero attached hydrogens (tertiary/aromatic N) is 6. The average Bonchev–Trinajstić information content (AvgIpc) is 3.44. The largest absolute Gasteiger partial charge is 0.444 e. The fourth-order valence-corrected chi connectivity index (χ4v) is 9.82. The van der Waals surface area contributed by atoms with E-state index in [9.17, 15) is 19.2 Å². The van der Waals surface area contributed by atoms with Crippen molar-refractivity contribution in [2.45, 2.75) is 131 Å². The molecule has 0 radical (unpaired) electrons. The van der Waals surface area contributed by atoms with E-state index in [1.54, 1.807) is 24.3 Å². The lowest BCUT2D eigenvalue weighted by molar-refractivity contribution is 0.0624. The molecule has 78 heavy (non-hydrogen) atoms. The molecule has 8 rings (SSSR count). The molecule has 0 aliphatic rings. The highest BCUT2D eigenvalue weighted by atomic mass is 32.2. The lowest BCUT2D eigenvalue weighted by atomic mass is 10.0. The van der Waals surface area contributed by atoms with Crippen LogP contribution in [-0.2, 0) is 15.9 Å². The summed E-state index contributed by atoms with van der Waals surface area (Å²) in [5, 5.41) is 13.6. The second kappa shape index (κ2) is 24.6. The molecule has 4 heterocycles. The van der Waals surface area contributed by atoms with Crippen molar-refractivity contribution in [3.8, 4) is 0 Å². The van der Waals surface area contributed by atoms with Crippen LogP contribution in [0.3, 0.4) is 0 Å². The van der Waals surface area contributed by atoms with Gasteiger partial charge in [-0.15, -0.1) is 0 Å². The zero-order valence-corrected chi connectivity index (χ0v) is 47.1. The van der Waals surface area contributed by atoms with E-state index in [-0.39, 0.29) is 36.5 Å². The van der Waals surface area contributed by atoms with Crippen LogP contribution in [0.4, 0.5) is 32.5 Å². The van der Waals surface area contributed by atoms with Crippen LogP contribution in [0.15, 0.2) is 141 Å². The van der Waals surface area contributed by atoms with Crippen LogP contribution in [0.25, 0.3) is 22.1 Å². The van der Waals surface area contributed by atoms with Crippen molar-refractivity contribution in [2.24, 2.45) is 0 Å². The molecular weight excluding hydrogens is 1020 g/mol. The van der Waals surface area contributed by atoms with Crippen molar-refractivity contribution in [1.29, 1.82) is 0 Å². The summed E-state index contributed by atoms with van der Waals surface area (Å²) in [7, 11) is 0. The molecule has 3 amide bonds. The number of carbonyl (C=O) groups excluding carboxylic acids is 4. The Morgan fingerprint density at radius 2 is 1.10 bits per heavy atom. The number of hydrogen-bond donors (Lipinski definition) is 4. The van der Waals surface area contributed by atoms with Gasteiger partial charge in [-0.3, -0.25) is 20.2 Å². The number of carbonyl (C=O) groups is 4. The smallest absolute Gasteiger partial charge is 0.412 e. The molecule has 8 aromatic rings. The number of hydrogen-bond acceptors (Lipinski definition) is 15. The van der Waals surface area contributed by atoms with Gasteiger partial charge < -0.3 is 20.1 Å². The summed E-state index contributed by atoms with van der Waals surface area (Å²) in [6.07, 6.45) is 2.88. The van der Waals surface area contributed by atoms with Crippen molar-refractivity contribution in [2.75, 3.05) is 22.5 Å². The van der Waals surface area contributed by atoms with Crippen LogP contribution in [-0.4, -0.2) is 71.5 Å². The molecule has 0 saturated carbocycles. The van der Waals surface area contributed by atoms with Crippen LogP contribution < -0.4 is 21.3 Å². The molecule has 0 unspecified atom stereocenters. The lowest BCUT2D eigenvalue weighted by Crippen LogP contribution is -2.27. The molecule has 4 N–H and O–H groups in total. The van der Waals surface area contributed by atoms with Crippen molar-refractivity contribution >= 4 is 92.3 Å². The second-order valence-electron chi connectivity index (χ2n) is 21.2. The fraction of sp³-hybridized carbons (Fsp3) is 0.300. The molecule has 4 aromatic heterocycles. The Balaban J connectivity index is 0.976. The minimum atomic E-state index is -0.633. The normalized spacial score (nSPS) is 11.7. The van der Waals surface area contributed by atoms with Gasteiger partial charge in [0.2, 0.25) is 0 Å². The van der Waals surface area contributed by atoms with Gasteiger partial charge in [0.25, 0.3) is 5.91 Å². The van der Waals surface area contributed by atoms with Gasteiger partial charge in [0, 0.05) is 78.2 Å². The van der Waals surface area contributed by atoms with Crippen LogP contribution in [0.5, 0.6) is 0 Å². The number of Topliss-reactive ketones (excluding diaryl/α,β-unsaturated/α-hetero) is 1. The molecule has 16 nitrogen and oxygen atoms in total. The second-order valence-corrected chi connectivity index (χ2v) is 23.4. The fourth-order valence-electron chi connectivity index (χ4n) is 8.01. The predicted octanol–water partition coefficient (Wildman–Crippen LogP) is 14.3. The van der Waals surface area contributed by atoms with Gasteiger partial charge in [0.15, 0.2) is 17.1 Å². The Bertz CT molecular complexity index is 3260. The van der Waals surface area contributed by atoms with Crippen LogP contribution >= 0.6 is 23.5 Å². The maximum atomic E-state index is 14.0. The minimum Gasteiger partial charge on any atom is -0.444 e. The highest BCUT2D eigenvalue weighted by molar-refractivity contribution is 7.99. The van der Waals surface area contributed by atoms with Gasteiger partial charge in [-0.05, 0) is 168 Å². The third-order valence-corrected chi connectivity index (χ3v) is 14.1. The van der Waals surface area contributed by atoms with E-state index in [0.717, 1.165) is 53.0 Å². The Morgan fingerprint density at radius 1 is 0.577 bits per heavy atom. The van der Waals surface area contributed by atoms with Crippen molar-refractivity contribution in [3.63, 3.8) is 0 Å². The highest BCUT2D eigenvalue weighted by Crippen LogP contribution is 2.38. The first-order chi connectivity index (χ1) is 37.1. The Labute approximate surface area is 463 Å². The van der Waals surface area contributed by atoms with Crippen LogP contribution in [0.2, 0.25) is 0 Å². The predicted molar refractivity (Wildman–Crippen MR) is 309 cm³/mol. The SMILES string of the molecule is CC(C)c1ccc2c(Cc3cc(C(=O)NCCCC(=O)c4ccc(Sc5ccc(NC(=O)OC(C)(C)C)cc5)c(Nc5ncnc6nc(C(C)C)ccc56)c4)ccc3Sc3ccc(NC(=O)OC(C)(C)C)cc3)ncnc2n1. The molecule has 402 valence electrons. The van der Waals surface area contributed by atoms with Gasteiger partial charge in [-0.1, -0.05) is 57.3 Å². The van der Waals surface area contributed by atoms with Gasteiger partial charge in [-0.25, -0.2) is 39.5 Å². The maximum Gasteiger partial charge on any atom is 0.412 e. The third-order valence-electron chi connectivity index (χ3n) is 11.9. The number of amides is 3. The monoisotopic (exact) mass is 1080 g/mol. The summed E-state index contributed by atoms with van der Waals surface area (Å²) in [5.74, 6) is 0.604. The number of ether oxygens (including phenoxy) is 2. The molecule has 0 spiro atoms. The summed E-state index contributed by atoms with van der Waals surface area (Å²) >= 11 is 3.01. The van der Waals surface area contributed by atoms with E-state index in [4.69, 9.17) is 19.4 Å².